The van der Waals surface area contributed by atoms with Gasteiger partial charge in [0.2, 0.25) is 0 Å². The molecule has 0 atom stereocenters. The SMILES string of the molecule is c1ccc(N(c2cccc(-c3ccc4ccccc4c3)c2)c2ccc3sc4ccccc4c3c2)cc1. The van der Waals surface area contributed by atoms with Crippen LogP contribution in [0.2, 0.25) is 0 Å². The third-order valence-electron chi connectivity index (χ3n) is 6.82. The van der Waals surface area contributed by atoms with Gasteiger partial charge in [0.15, 0.2) is 0 Å². The molecule has 0 aliphatic carbocycles. The van der Waals surface area contributed by atoms with Crippen LogP contribution in [0.15, 0.2) is 140 Å². The number of thiophene rings is 1. The van der Waals surface area contributed by atoms with E-state index in [1.807, 2.05) is 11.3 Å². The minimum atomic E-state index is 1.14. The van der Waals surface area contributed by atoms with E-state index in [2.05, 4.69) is 144 Å². The van der Waals surface area contributed by atoms with Crippen LogP contribution >= 0.6 is 11.3 Å². The lowest BCUT2D eigenvalue weighted by atomic mass is 10.0. The van der Waals surface area contributed by atoms with Gasteiger partial charge in [-0.3, -0.25) is 0 Å². The van der Waals surface area contributed by atoms with Gasteiger partial charge >= 0.3 is 0 Å². The predicted octanol–water partition coefficient (Wildman–Crippen LogP) is 10.3. The summed E-state index contributed by atoms with van der Waals surface area (Å²) in [5, 5.41) is 5.15. The number of benzene rings is 6. The quantitative estimate of drug-likeness (QED) is 0.244. The van der Waals surface area contributed by atoms with Crippen molar-refractivity contribution in [3.05, 3.63) is 140 Å². The lowest BCUT2D eigenvalue weighted by Gasteiger charge is -2.26. The van der Waals surface area contributed by atoms with Crippen LogP contribution in [0.4, 0.5) is 17.1 Å². The van der Waals surface area contributed by atoms with Gasteiger partial charge in [-0.2, -0.15) is 0 Å². The van der Waals surface area contributed by atoms with Gasteiger partial charge in [0, 0.05) is 37.2 Å². The molecule has 2 heteroatoms. The molecule has 0 saturated heterocycles. The number of rotatable bonds is 4. The fourth-order valence-corrected chi connectivity index (χ4v) is 6.16. The molecule has 6 aromatic carbocycles. The highest BCUT2D eigenvalue weighted by Gasteiger charge is 2.15. The summed E-state index contributed by atoms with van der Waals surface area (Å²) in [5.41, 5.74) is 5.88. The minimum Gasteiger partial charge on any atom is -0.310 e. The molecule has 0 N–H and O–H groups in total. The zero-order valence-electron chi connectivity index (χ0n) is 19.6. The van der Waals surface area contributed by atoms with E-state index in [1.165, 1.54) is 42.1 Å². The highest BCUT2D eigenvalue weighted by atomic mass is 32.1. The van der Waals surface area contributed by atoms with Crippen molar-refractivity contribution in [1.82, 2.24) is 0 Å². The molecule has 0 radical (unpaired) electrons. The third kappa shape index (κ3) is 3.64. The fraction of sp³-hybridized carbons (Fsp3) is 0. The largest absolute Gasteiger partial charge is 0.310 e. The van der Waals surface area contributed by atoms with Crippen LogP contribution < -0.4 is 4.90 Å². The molecule has 0 fully saturated rings. The maximum absolute atomic E-state index is 2.36. The van der Waals surface area contributed by atoms with E-state index in [-0.39, 0.29) is 0 Å². The molecule has 0 saturated carbocycles. The molecule has 0 unspecified atom stereocenters. The monoisotopic (exact) mass is 477 g/mol. The number of fused-ring (bicyclic) bond motifs is 4. The Labute approximate surface area is 214 Å². The summed E-state index contributed by atoms with van der Waals surface area (Å²) in [5.74, 6) is 0. The molecule has 1 nitrogen and oxygen atoms in total. The molecule has 0 spiro atoms. The normalized spacial score (nSPS) is 11.3. The Bertz CT molecular complexity index is 1850. The molecule has 36 heavy (non-hydrogen) atoms. The lowest BCUT2D eigenvalue weighted by molar-refractivity contribution is 1.29. The van der Waals surface area contributed by atoms with Crippen molar-refractivity contribution in [1.29, 1.82) is 0 Å². The van der Waals surface area contributed by atoms with Gasteiger partial charge in [0.1, 0.15) is 0 Å². The Morgan fingerprint density at radius 1 is 0.389 bits per heavy atom. The summed E-state index contributed by atoms with van der Waals surface area (Å²) < 4.78 is 2.65. The molecular weight excluding hydrogens is 454 g/mol. The highest BCUT2D eigenvalue weighted by Crippen LogP contribution is 2.41. The van der Waals surface area contributed by atoms with Gasteiger partial charge in [0.05, 0.1) is 0 Å². The smallest absolute Gasteiger partial charge is 0.0468 e. The molecular formula is C34H23NS. The van der Waals surface area contributed by atoms with Crippen LogP contribution in [0, 0.1) is 0 Å². The molecule has 7 aromatic rings. The summed E-state index contributed by atoms with van der Waals surface area (Å²) in [6.45, 7) is 0. The number of hydrogen-bond acceptors (Lipinski definition) is 2. The summed E-state index contributed by atoms with van der Waals surface area (Å²) in [7, 11) is 0. The second-order valence-corrected chi connectivity index (χ2v) is 10.1. The zero-order valence-corrected chi connectivity index (χ0v) is 20.5. The molecule has 0 amide bonds. The Kier molecular flexibility index (Phi) is 5.04. The third-order valence-corrected chi connectivity index (χ3v) is 7.97. The predicted molar refractivity (Wildman–Crippen MR) is 157 cm³/mol. The van der Waals surface area contributed by atoms with Crippen molar-refractivity contribution < 1.29 is 0 Å². The topological polar surface area (TPSA) is 3.24 Å². The van der Waals surface area contributed by atoms with E-state index < -0.39 is 0 Å². The van der Waals surface area contributed by atoms with Gasteiger partial charge in [-0.1, -0.05) is 84.9 Å². The zero-order chi connectivity index (χ0) is 23.9. The standard InChI is InChI=1S/C34H23NS/c1-2-12-28(13-3-1)35(30-19-20-34-32(23-30)31-15-6-7-16-33(31)36-34)29-14-8-11-26(22-29)27-18-17-24-9-4-5-10-25(24)21-27/h1-23H. The first kappa shape index (κ1) is 20.9. The average Bonchev–Trinajstić information content (AvgIpc) is 3.32. The van der Waals surface area contributed by atoms with E-state index in [4.69, 9.17) is 0 Å². The van der Waals surface area contributed by atoms with Gasteiger partial charge in [0.25, 0.3) is 0 Å². The number of para-hydroxylation sites is 1. The molecule has 1 aromatic heterocycles. The van der Waals surface area contributed by atoms with Crippen molar-refractivity contribution in [2.75, 3.05) is 4.90 Å². The van der Waals surface area contributed by atoms with E-state index >= 15 is 0 Å². The highest BCUT2D eigenvalue weighted by molar-refractivity contribution is 7.25. The molecule has 0 bridgehead atoms. The van der Waals surface area contributed by atoms with E-state index in [9.17, 15) is 0 Å². The van der Waals surface area contributed by atoms with Crippen molar-refractivity contribution in [2.45, 2.75) is 0 Å². The first-order valence-electron chi connectivity index (χ1n) is 12.2. The second kappa shape index (κ2) is 8.67. The van der Waals surface area contributed by atoms with Crippen LogP contribution in [-0.4, -0.2) is 0 Å². The molecule has 170 valence electrons. The number of nitrogens with zero attached hydrogens (tertiary/aromatic N) is 1. The van der Waals surface area contributed by atoms with Gasteiger partial charge < -0.3 is 4.90 Å². The number of hydrogen-bond donors (Lipinski definition) is 0. The minimum absolute atomic E-state index is 1.14. The van der Waals surface area contributed by atoms with Gasteiger partial charge in [-0.05, 0) is 76.5 Å². The average molecular weight is 478 g/mol. The van der Waals surface area contributed by atoms with E-state index in [0.717, 1.165) is 17.1 Å². The van der Waals surface area contributed by atoms with Crippen molar-refractivity contribution >= 4 is 59.3 Å². The molecule has 7 rings (SSSR count). The Morgan fingerprint density at radius 2 is 1.08 bits per heavy atom. The van der Waals surface area contributed by atoms with Crippen molar-refractivity contribution in [2.24, 2.45) is 0 Å². The first-order valence-corrected chi connectivity index (χ1v) is 13.0. The second-order valence-electron chi connectivity index (χ2n) is 9.06. The van der Waals surface area contributed by atoms with Crippen molar-refractivity contribution in [3.8, 4) is 11.1 Å². The lowest BCUT2D eigenvalue weighted by Crippen LogP contribution is -2.09. The van der Waals surface area contributed by atoms with Gasteiger partial charge in [-0.25, -0.2) is 0 Å². The van der Waals surface area contributed by atoms with Crippen LogP contribution in [-0.2, 0) is 0 Å². The molecule has 0 aliphatic rings. The van der Waals surface area contributed by atoms with Gasteiger partial charge in [-0.15, -0.1) is 11.3 Å². The Hall–Kier alpha value is -4.40. The first-order chi connectivity index (χ1) is 17.8. The summed E-state index contributed by atoms with van der Waals surface area (Å²) in [6, 6.07) is 50.3. The van der Waals surface area contributed by atoms with E-state index in [0.29, 0.717) is 0 Å². The number of anilines is 3. The van der Waals surface area contributed by atoms with Crippen molar-refractivity contribution in [3.63, 3.8) is 0 Å². The maximum atomic E-state index is 2.36. The molecule has 1 heterocycles. The summed E-state index contributed by atoms with van der Waals surface area (Å²) >= 11 is 1.86. The van der Waals surface area contributed by atoms with Crippen LogP contribution in [0.25, 0.3) is 42.1 Å². The summed E-state index contributed by atoms with van der Waals surface area (Å²) in [6.07, 6.45) is 0. The van der Waals surface area contributed by atoms with E-state index in [1.54, 1.807) is 0 Å². The summed E-state index contributed by atoms with van der Waals surface area (Å²) in [4.78, 5) is 2.36. The maximum Gasteiger partial charge on any atom is 0.0468 e. The van der Waals surface area contributed by atoms with Crippen LogP contribution in [0.1, 0.15) is 0 Å². The molecule has 0 aliphatic heterocycles. The Morgan fingerprint density at radius 3 is 2.00 bits per heavy atom. The Balaban J connectivity index is 1.39. The van der Waals surface area contributed by atoms with Crippen LogP contribution in [0.5, 0.6) is 0 Å². The van der Waals surface area contributed by atoms with Crippen LogP contribution in [0.3, 0.4) is 0 Å². The fourth-order valence-electron chi connectivity index (χ4n) is 5.07.